The van der Waals surface area contributed by atoms with Gasteiger partial charge < -0.3 is 10.4 Å². The van der Waals surface area contributed by atoms with Crippen molar-refractivity contribution in [3.05, 3.63) is 18.0 Å². The number of aromatic nitrogens is 2. The summed E-state index contributed by atoms with van der Waals surface area (Å²) in [4.78, 5) is 11.7. The second kappa shape index (κ2) is 6.54. The Morgan fingerprint density at radius 1 is 1.44 bits per heavy atom. The second-order valence-corrected chi connectivity index (χ2v) is 5.05. The molecule has 2 atom stereocenters. The summed E-state index contributed by atoms with van der Waals surface area (Å²) in [6.45, 7) is 0.916. The molecule has 100 valence electrons. The zero-order valence-corrected chi connectivity index (χ0v) is 10.6. The Bertz CT molecular complexity index is 364. The van der Waals surface area contributed by atoms with Gasteiger partial charge in [-0.25, -0.2) is 0 Å². The summed E-state index contributed by atoms with van der Waals surface area (Å²) in [5.74, 6) is 0.794. The van der Waals surface area contributed by atoms with Crippen molar-refractivity contribution >= 4 is 5.91 Å². The fraction of sp³-hybridized carbons (Fsp3) is 0.692. The first-order chi connectivity index (χ1) is 8.79. The van der Waals surface area contributed by atoms with E-state index in [1.807, 2.05) is 0 Å². The molecule has 2 unspecified atom stereocenters. The number of rotatable bonds is 5. The fourth-order valence-corrected chi connectivity index (χ4v) is 2.66. The predicted octanol–water partition coefficient (Wildman–Crippen LogP) is 0.867. The summed E-state index contributed by atoms with van der Waals surface area (Å²) in [6, 6.07) is 1.80. The number of hydrogen-bond acceptors (Lipinski definition) is 3. The van der Waals surface area contributed by atoms with E-state index in [-0.39, 0.29) is 12.5 Å². The molecule has 0 radical (unpaired) electrons. The minimum Gasteiger partial charge on any atom is -0.396 e. The molecule has 1 aromatic heterocycles. The van der Waals surface area contributed by atoms with Crippen LogP contribution in [-0.2, 0) is 11.2 Å². The molecule has 1 fully saturated rings. The maximum atomic E-state index is 11.7. The smallest absolute Gasteiger partial charge is 0.226 e. The van der Waals surface area contributed by atoms with Crippen molar-refractivity contribution in [3.8, 4) is 0 Å². The maximum Gasteiger partial charge on any atom is 0.226 e. The van der Waals surface area contributed by atoms with Gasteiger partial charge in [0.15, 0.2) is 0 Å². The Hall–Kier alpha value is -1.36. The average Bonchev–Trinajstić information content (AvgIpc) is 2.89. The van der Waals surface area contributed by atoms with Crippen molar-refractivity contribution in [3.63, 3.8) is 0 Å². The van der Waals surface area contributed by atoms with Crippen molar-refractivity contribution in [1.29, 1.82) is 0 Å². The number of hydrogen-bond donors (Lipinski definition) is 3. The van der Waals surface area contributed by atoms with Crippen LogP contribution in [0.3, 0.4) is 0 Å². The van der Waals surface area contributed by atoms with Gasteiger partial charge >= 0.3 is 0 Å². The zero-order valence-electron chi connectivity index (χ0n) is 10.6. The summed E-state index contributed by atoms with van der Waals surface area (Å²) in [6.07, 6.45) is 6.58. The topological polar surface area (TPSA) is 78.0 Å². The van der Waals surface area contributed by atoms with Crippen LogP contribution in [0, 0.1) is 11.8 Å². The van der Waals surface area contributed by atoms with Crippen LogP contribution in [0.5, 0.6) is 0 Å². The Labute approximate surface area is 107 Å². The highest BCUT2D eigenvalue weighted by Crippen LogP contribution is 2.28. The lowest BCUT2D eigenvalue weighted by atomic mass is 9.79. The first-order valence-electron chi connectivity index (χ1n) is 6.65. The summed E-state index contributed by atoms with van der Waals surface area (Å²) in [5, 5.41) is 18.9. The summed E-state index contributed by atoms with van der Waals surface area (Å²) < 4.78 is 0. The standard InChI is InChI=1S/C13H21N3O2/c17-9-11-4-2-1-3-10(11)8-14-13(18)7-12-5-6-15-16-12/h5-6,10-11,17H,1-4,7-9H2,(H,14,18)(H,15,16). The Kier molecular flexibility index (Phi) is 4.75. The van der Waals surface area contributed by atoms with Crippen molar-refractivity contribution in [2.45, 2.75) is 32.1 Å². The van der Waals surface area contributed by atoms with Crippen LogP contribution < -0.4 is 5.32 Å². The lowest BCUT2D eigenvalue weighted by Gasteiger charge is -2.30. The van der Waals surface area contributed by atoms with Gasteiger partial charge in [-0.15, -0.1) is 0 Å². The molecular weight excluding hydrogens is 230 g/mol. The van der Waals surface area contributed by atoms with E-state index in [9.17, 15) is 9.90 Å². The molecule has 3 N–H and O–H groups in total. The van der Waals surface area contributed by atoms with E-state index in [4.69, 9.17) is 0 Å². The van der Waals surface area contributed by atoms with Gasteiger partial charge in [0.25, 0.3) is 0 Å². The second-order valence-electron chi connectivity index (χ2n) is 5.05. The van der Waals surface area contributed by atoms with Gasteiger partial charge in [0.2, 0.25) is 5.91 Å². The Morgan fingerprint density at radius 2 is 2.22 bits per heavy atom. The quantitative estimate of drug-likeness (QED) is 0.726. The first-order valence-corrected chi connectivity index (χ1v) is 6.65. The number of nitrogens with one attached hydrogen (secondary N) is 2. The summed E-state index contributed by atoms with van der Waals surface area (Å²) >= 11 is 0. The van der Waals surface area contributed by atoms with Gasteiger partial charge in [-0.2, -0.15) is 5.10 Å². The predicted molar refractivity (Wildman–Crippen MR) is 67.8 cm³/mol. The number of carbonyl (C=O) groups is 1. The van der Waals surface area contributed by atoms with Crippen molar-refractivity contribution in [1.82, 2.24) is 15.5 Å². The lowest BCUT2D eigenvalue weighted by Crippen LogP contribution is -2.36. The molecule has 2 rings (SSSR count). The minimum absolute atomic E-state index is 0.0153. The van der Waals surface area contributed by atoms with Crippen molar-refractivity contribution in [2.24, 2.45) is 11.8 Å². The normalized spacial score (nSPS) is 23.8. The van der Waals surface area contributed by atoms with E-state index in [1.165, 1.54) is 12.8 Å². The molecule has 0 aromatic carbocycles. The van der Waals surface area contributed by atoms with E-state index < -0.39 is 0 Å². The molecule has 1 aliphatic rings. The molecular formula is C13H21N3O2. The zero-order chi connectivity index (χ0) is 12.8. The van der Waals surface area contributed by atoms with Gasteiger partial charge in [-0.05, 0) is 30.7 Å². The molecule has 0 bridgehead atoms. The van der Waals surface area contributed by atoms with Crippen molar-refractivity contribution < 1.29 is 9.90 Å². The Morgan fingerprint density at radius 3 is 2.89 bits per heavy atom. The largest absolute Gasteiger partial charge is 0.396 e. The molecule has 5 heteroatoms. The number of aliphatic hydroxyl groups is 1. The lowest BCUT2D eigenvalue weighted by molar-refractivity contribution is -0.120. The molecule has 1 heterocycles. The van der Waals surface area contributed by atoms with Crippen LogP contribution in [0.1, 0.15) is 31.4 Å². The van der Waals surface area contributed by atoms with Crippen LogP contribution in [0.2, 0.25) is 0 Å². The number of carbonyl (C=O) groups excluding carboxylic acids is 1. The monoisotopic (exact) mass is 251 g/mol. The highest BCUT2D eigenvalue weighted by atomic mass is 16.3. The number of aromatic amines is 1. The molecule has 0 aliphatic heterocycles. The highest BCUT2D eigenvalue weighted by molar-refractivity contribution is 5.78. The third-order valence-corrected chi connectivity index (χ3v) is 3.77. The van der Waals surface area contributed by atoms with E-state index in [2.05, 4.69) is 15.5 Å². The van der Waals surface area contributed by atoms with Gasteiger partial charge in [-0.3, -0.25) is 9.89 Å². The van der Waals surface area contributed by atoms with E-state index >= 15 is 0 Å². The minimum atomic E-state index is 0.0153. The molecule has 0 saturated heterocycles. The molecule has 0 spiro atoms. The van der Waals surface area contributed by atoms with E-state index in [0.717, 1.165) is 18.5 Å². The molecule has 1 aliphatic carbocycles. The van der Waals surface area contributed by atoms with Crippen LogP contribution >= 0.6 is 0 Å². The number of H-pyrrole nitrogens is 1. The first kappa shape index (κ1) is 13.1. The van der Waals surface area contributed by atoms with Gasteiger partial charge in [0.05, 0.1) is 6.42 Å². The molecule has 1 saturated carbocycles. The third-order valence-electron chi connectivity index (χ3n) is 3.77. The molecule has 1 aromatic rings. The highest BCUT2D eigenvalue weighted by Gasteiger charge is 2.24. The van der Waals surface area contributed by atoms with E-state index in [0.29, 0.717) is 24.8 Å². The Balaban J connectivity index is 1.74. The fourth-order valence-electron chi connectivity index (χ4n) is 2.66. The van der Waals surface area contributed by atoms with Crippen LogP contribution in [0.25, 0.3) is 0 Å². The van der Waals surface area contributed by atoms with Crippen LogP contribution in [0.15, 0.2) is 12.3 Å². The van der Waals surface area contributed by atoms with Gasteiger partial charge in [0.1, 0.15) is 0 Å². The van der Waals surface area contributed by atoms with Crippen LogP contribution in [-0.4, -0.2) is 34.4 Å². The maximum absolute atomic E-state index is 11.7. The van der Waals surface area contributed by atoms with Crippen molar-refractivity contribution in [2.75, 3.05) is 13.2 Å². The van der Waals surface area contributed by atoms with Crippen LogP contribution in [0.4, 0.5) is 0 Å². The third kappa shape index (κ3) is 3.57. The molecule has 1 amide bonds. The number of nitrogens with zero attached hydrogens (tertiary/aromatic N) is 1. The van der Waals surface area contributed by atoms with Gasteiger partial charge in [0, 0.05) is 25.0 Å². The number of aliphatic hydroxyl groups excluding tert-OH is 1. The SMILES string of the molecule is O=C(Cc1ccn[nH]1)NCC1CCCCC1CO. The average molecular weight is 251 g/mol. The van der Waals surface area contributed by atoms with Gasteiger partial charge in [-0.1, -0.05) is 12.8 Å². The van der Waals surface area contributed by atoms with E-state index in [1.54, 1.807) is 12.3 Å². The molecule has 5 nitrogen and oxygen atoms in total. The summed E-state index contributed by atoms with van der Waals surface area (Å²) in [7, 11) is 0. The summed E-state index contributed by atoms with van der Waals surface area (Å²) in [5.41, 5.74) is 0.829. The number of amides is 1. The molecule has 18 heavy (non-hydrogen) atoms.